The van der Waals surface area contributed by atoms with E-state index in [1.807, 2.05) is 5.51 Å². The van der Waals surface area contributed by atoms with Crippen LogP contribution in [-0.2, 0) is 13.0 Å². The minimum absolute atomic E-state index is 0.978. The number of rotatable bonds is 3. The standard InChI is InChI=1S/C15H19N3S/c1-12-15(19-11-17-12)6-8-18-9-7-16-10-13-4-2-3-5-14(13)18/h2-5,11,16H,6-10H2,1H3. The first-order valence-corrected chi connectivity index (χ1v) is 7.65. The Bertz CT molecular complexity index is 550. The molecule has 0 bridgehead atoms. The zero-order valence-corrected chi connectivity index (χ0v) is 12.0. The van der Waals surface area contributed by atoms with Crippen LogP contribution in [0.15, 0.2) is 29.8 Å². The summed E-state index contributed by atoms with van der Waals surface area (Å²) in [5, 5.41) is 3.49. The Kier molecular flexibility index (Phi) is 3.80. The van der Waals surface area contributed by atoms with Gasteiger partial charge in [-0.1, -0.05) is 18.2 Å². The zero-order chi connectivity index (χ0) is 13.1. The van der Waals surface area contributed by atoms with Crippen molar-refractivity contribution in [3.63, 3.8) is 0 Å². The minimum atomic E-state index is 0.978. The highest BCUT2D eigenvalue weighted by atomic mass is 32.1. The van der Waals surface area contributed by atoms with Crippen molar-refractivity contribution in [3.05, 3.63) is 45.9 Å². The first-order chi connectivity index (χ1) is 9.34. The molecule has 2 heterocycles. The summed E-state index contributed by atoms with van der Waals surface area (Å²) in [5.74, 6) is 0. The van der Waals surface area contributed by atoms with E-state index in [9.17, 15) is 0 Å². The molecule has 0 aliphatic carbocycles. The SMILES string of the molecule is Cc1ncsc1CCN1CCNCc2ccccc21. The Morgan fingerprint density at radius 2 is 2.26 bits per heavy atom. The lowest BCUT2D eigenvalue weighted by Gasteiger charge is -2.24. The van der Waals surface area contributed by atoms with Gasteiger partial charge in [-0.3, -0.25) is 0 Å². The van der Waals surface area contributed by atoms with Crippen molar-refractivity contribution in [2.75, 3.05) is 24.5 Å². The van der Waals surface area contributed by atoms with Crippen molar-refractivity contribution < 1.29 is 0 Å². The van der Waals surface area contributed by atoms with Gasteiger partial charge in [0.15, 0.2) is 0 Å². The fraction of sp³-hybridized carbons (Fsp3) is 0.400. The molecule has 4 heteroatoms. The molecule has 1 aliphatic rings. The van der Waals surface area contributed by atoms with Crippen LogP contribution in [0.5, 0.6) is 0 Å². The van der Waals surface area contributed by atoms with E-state index in [0.717, 1.165) is 32.6 Å². The molecule has 0 fully saturated rings. The first kappa shape index (κ1) is 12.6. The third-order valence-corrected chi connectivity index (χ3v) is 4.65. The Balaban J connectivity index is 1.75. The number of para-hydroxylation sites is 1. The van der Waals surface area contributed by atoms with Crippen molar-refractivity contribution in [1.82, 2.24) is 10.3 Å². The number of aromatic nitrogens is 1. The fourth-order valence-electron chi connectivity index (χ4n) is 2.56. The average molecular weight is 273 g/mol. The van der Waals surface area contributed by atoms with Gasteiger partial charge >= 0.3 is 0 Å². The van der Waals surface area contributed by atoms with Crippen LogP contribution in [0.1, 0.15) is 16.1 Å². The van der Waals surface area contributed by atoms with Gasteiger partial charge in [0.2, 0.25) is 0 Å². The number of anilines is 1. The zero-order valence-electron chi connectivity index (χ0n) is 11.2. The molecule has 0 unspecified atom stereocenters. The number of thiazole rings is 1. The van der Waals surface area contributed by atoms with Crippen LogP contribution >= 0.6 is 11.3 Å². The van der Waals surface area contributed by atoms with Crippen molar-refractivity contribution in [2.45, 2.75) is 19.9 Å². The van der Waals surface area contributed by atoms with Crippen LogP contribution in [0.4, 0.5) is 5.69 Å². The molecule has 3 nitrogen and oxygen atoms in total. The molecular formula is C15H19N3S. The molecule has 1 N–H and O–H groups in total. The Labute approximate surface area is 118 Å². The normalized spacial score (nSPS) is 15.1. The number of hydrogen-bond donors (Lipinski definition) is 1. The predicted molar refractivity (Wildman–Crippen MR) is 80.9 cm³/mol. The van der Waals surface area contributed by atoms with E-state index in [-0.39, 0.29) is 0 Å². The topological polar surface area (TPSA) is 28.2 Å². The molecule has 0 saturated heterocycles. The van der Waals surface area contributed by atoms with Gasteiger partial charge in [-0.25, -0.2) is 4.98 Å². The highest BCUT2D eigenvalue weighted by Crippen LogP contribution is 2.23. The second-order valence-corrected chi connectivity index (χ2v) is 5.84. The number of fused-ring (bicyclic) bond motifs is 1. The number of nitrogens with zero attached hydrogens (tertiary/aromatic N) is 2. The molecule has 1 aromatic carbocycles. The molecule has 100 valence electrons. The lowest BCUT2D eigenvalue weighted by molar-refractivity contribution is 0.687. The van der Waals surface area contributed by atoms with Gasteiger partial charge in [0.25, 0.3) is 0 Å². The summed E-state index contributed by atoms with van der Waals surface area (Å²) < 4.78 is 0. The van der Waals surface area contributed by atoms with Crippen LogP contribution in [0.3, 0.4) is 0 Å². The van der Waals surface area contributed by atoms with Crippen molar-refractivity contribution in [2.24, 2.45) is 0 Å². The van der Waals surface area contributed by atoms with Crippen LogP contribution in [0.25, 0.3) is 0 Å². The van der Waals surface area contributed by atoms with Crippen molar-refractivity contribution >= 4 is 17.0 Å². The second-order valence-electron chi connectivity index (χ2n) is 4.90. The largest absolute Gasteiger partial charge is 0.370 e. The van der Waals surface area contributed by atoms with Gasteiger partial charge in [0.05, 0.1) is 11.2 Å². The van der Waals surface area contributed by atoms with E-state index < -0.39 is 0 Å². The summed E-state index contributed by atoms with van der Waals surface area (Å²) in [6.45, 7) is 6.28. The van der Waals surface area contributed by atoms with E-state index in [4.69, 9.17) is 0 Å². The number of nitrogens with one attached hydrogen (secondary N) is 1. The first-order valence-electron chi connectivity index (χ1n) is 6.77. The minimum Gasteiger partial charge on any atom is -0.370 e. The van der Waals surface area contributed by atoms with Crippen LogP contribution in [-0.4, -0.2) is 24.6 Å². The van der Waals surface area contributed by atoms with Crippen molar-refractivity contribution in [1.29, 1.82) is 0 Å². The number of aryl methyl sites for hydroxylation is 1. The summed E-state index contributed by atoms with van der Waals surface area (Å²) >= 11 is 1.77. The quantitative estimate of drug-likeness (QED) is 0.931. The summed E-state index contributed by atoms with van der Waals surface area (Å²) in [6.07, 6.45) is 1.09. The van der Waals surface area contributed by atoms with Gasteiger partial charge < -0.3 is 10.2 Å². The number of hydrogen-bond acceptors (Lipinski definition) is 4. The lowest BCUT2D eigenvalue weighted by atomic mass is 10.1. The van der Waals surface area contributed by atoms with E-state index in [2.05, 4.69) is 46.4 Å². The summed E-state index contributed by atoms with van der Waals surface area (Å²) in [6, 6.07) is 8.72. The maximum Gasteiger partial charge on any atom is 0.0797 e. The fourth-order valence-corrected chi connectivity index (χ4v) is 3.33. The van der Waals surface area contributed by atoms with E-state index in [0.29, 0.717) is 0 Å². The second kappa shape index (κ2) is 5.72. The van der Waals surface area contributed by atoms with Gasteiger partial charge in [0, 0.05) is 43.2 Å². The molecule has 0 saturated carbocycles. The molecular weight excluding hydrogens is 254 g/mol. The summed E-state index contributed by atoms with van der Waals surface area (Å²) in [5.41, 5.74) is 5.92. The highest BCUT2D eigenvalue weighted by Gasteiger charge is 2.14. The molecule has 3 rings (SSSR count). The van der Waals surface area contributed by atoms with Crippen LogP contribution < -0.4 is 10.2 Å². The molecule has 1 aliphatic heterocycles. The van der Waals surface area contributed by atoms with Crippen molar-refractivity contribution in [3.8, 4) is 0 Å². The molecule has 0 atom stereocenters. The Hall–Kier alpha value is -1.39. The van der Waals surface area contributed by atoms with Gasteiger partial charge in [0.1, 0.15) is 0 Å². The third kappa shape index (κ3) is 2.80. The molecule has 0 radical (unpaired) electrons. The molecule has 0 spiro atoms. The highest BCUT2D eigenvalue weighted by molar-refractivity contribution is 7.09. The Morgan fingerprint density at radius 3 is 3.11 bits per heavy atom. The van der Waals surface area contributed by atoms with Gasteiger partial charge in [-0.2, -0.15) is 0 Å². The lowest BCUT2D eigenvalue weighted by Crippen LogP contribution is -2.30. The molecule has 19 heavy (non-hydrogen) atoms. The molecule has 2 aromatic rings. The average Bonchev–Trinajstić information content (AvgIpc) is 2.73. The smallest absolute Gasteiger partial charge is 0.0797 e. The molecule has 0 amide bonds. The van der Waals surface area contributed by atoms with Crippen LogP contribution in [0, 0.1) is 6.92 Å². The van der Waals surface area contributed by atoms with E-state index in [1.165, 1.54) is 21.8 Å². The summed E-state index contributed by atoms with van der Waals surface area (Å²) in [7, 11) is 0. The third-order valence-electron chi connectivity index (χ3n) is 3.66. The maximum absolute atomic E-state index is 4.33. The van der Waals surface area contributed by atoms with Gasteiger partial charge in [-0.15, -0.1) is 11.3 Å². The number of benzene rings is 1. The van der Waals surface area contributed by atoms with E-state index in [1.54, 1.807) is 11.3 Å². The van der Waals surface area contributed by atoms with Gasteiger partial charge in [-0.05, 0) is 18.6 Å². The maximum atomic E-state index is 4.33. The van der Waals surface area contributed by atoms with E-state index >= 15 is 0 Å². The van der Waals surface area contributed by atoms with Crippen LogP contribution in [0.2, 0.25) is 0 Å². The Morgan fingerprint density at radius 1 is 1.37 bits per heavy atom. The molecule has 1 aromatic heterocycles. The monoisotopic (exact) mass is 273 g/mol. The predicted octanol–water partition coefficient (Wildman–Crippen LogP) is 2.60. The summed E-state index contributed by atoms with van der Waals surface area (Å²) in [4.78, 5) is 8.24.